The van der Waals surface area contributed by atoms with Crippen LogP contribution in [0.15, 0.2) is 48.5 Å². The van der Waals surface area contributed by atoms with E-state index in [0.717, 1.165) is 37.7 Å². The number of rotatable bonds is 5. The van der Waals surface area contributed by atoms with Crippen LogP contribution in [0.4, 0.5) is 8.78 Å². The average molecular weight is 430 g/mol. The normalized spacial score (nSPS) is 15.5. The Balaban J connectivity index is 1.46. The van der Waals surface area contributed by atoms with Crippen LogP contribution in [0, 0.1) is 0 Å². The van der Waals surface area contributed by atoms with Crippen molar-refractivity contribution >= 4 is 17.2 Å². The molecule has 0 atom stereocenters. The van der Waals surface area contributed by atoms with Crippen LogP contribution in [-0.4, -0.2) is 33.7 Å². The van der Waals surface area contributed by atoms with Crippen molar-refractivity contribution in [2.24, 2.45) is 0 Å². The van der Waals surface area contributed by atoms with Crippen molar-refractivity contribution in [3.63, 3.8) is 0 Å². The van der Waals surface area contributed by atoms with Gasteiger partial charge >= 0.3 is 0 Å². The standard InChI is InChI=1S/C23H25F2N3OS/c1-3-28-21(23(2,24)25)15-18(26-28)19-9-10-20(30-19)22(29)27-13-11-17(12-14-27)16-7-5-4-6-8-16/h4-10,15,17H,3,11-14H2,1-2H3. The second-order valence-corrected chi connectivity index (χ2v) is 8.84. The van der Waals surface area contributed by atoms with Crippen LogP contribution in [-0.2, 0) is 12.5 Å². The molecule has 0 spiro atoms. The number of halogens is 2. The molecule has 1 aromatic carbocycles. The van der Waals surface area contributed by atoms with E-state index in [9.17, 15) is 13.6 Å². The summed E-state index contributed by atoms with van der Waals surface area (Å²) < 4.78 is 29.0. The quantitative estimate of drug-likeness (QED) is 0.517. The molecule has 0 bridgehead atoms. The number of benzene rings is 1. The van der Waals surface area contributed by atoms with E-state index in [2.05, 4.69) is 29.4 Å². The third-order valence-electron chi connectivity index (χ3n) is 5.65. The summed E-state index contributed by atoms with van der Waals surface area (Å²) in [5.41, 5.74) is 1.71. The minimum Gasteiger partial charge on any atom is -0.338 e. The van der Waals surface area contributed by atoms with Crippen molar-refractivity contribution < 1.29 is 13.6 Å². The van der Waals surface area contributed by atoms with Gasteiger partial charge in [-0.05, 0) is 49.4 Å². The molecule has 0 unspecified atom stereocenters. The first-order valence-corrected chi connectivity index (χ1v) is 11.1. The lowest BCUT2D eigenvalue weighted by molar-refractivity contribution is 0.00794. The Morgan fingerprint density at radius 3 is 2.47 bits per heavy atom. The van der Waals surface area contributed by atoms with Gasteiger partial charge in [0, 0.05) is 26.6 Å². The Morgan fingerprint density at radius 1 is 1.17 bits per heavy atom. The Morgan fingerprint density at radius 2 is 1.87 bits per heavy atom. The van der Waals surface area contributed by atoms with E-state index < -0.39 is 5.92 Å². The maximum absolute atomic E-state index is 13.8. The Kier molecular flexibility index (Phi) is 5.73. The molecule has 3 heterocycles. The number of hydrogen-bond acceptors (Lipinski definition) is 3. The zero-order valence-corrected chi connectivity index (χ0v) is 18.0. The summed E-state index contributed by atoms with van der Waals surface area (Å²) in [6, 6.07) is 15.4. The predicted molar refractivity (Wildman–Crippen MR) is 115 cm³/mol. The number of carbonyl (C=O) groups is 1. The highest BCUT2D eigenvalue weighted by atomic mass is 32.1. The lowest BCUT2D eigenvalue weighted by Crippen LogP contribution is -2.37. The molecule has 0 radical (unpaired) electrons. The van der Waals surface area contributed by atoms with Gasteiger partial charge in [-0.3, -0.25) is 9.48 Å². The van der Waals surface area contributed by atoms with Crippen LogP contribution < -0.4 is 0 Å². The van der Waals surface area contributed by atoms with E-state index in [4.69, 9.17) is 0 Å². The maximum Gasteiger partial charge on any atom is 0.286 e. The van der Waals surface area contributed by atoms with Gasteiger partial charge in [-0.2, -0.15) is 13.9 Å². The summed E-state index contributed by atoms with van der Waals surface area (Å²) in [4.78, 5) is 16.2. The fraction of sp³-hybridized carbons (Fsp3) is 0.391. The van der Waals surface area contributed by atoms with E-state index >= 15 is 0 Å². The molecule has 0 N–H and O–H groups in total. The molecule has 3 aromatic rings. The van der Waals surface area contributed by atoms with Gasteiger partial charge in [-0.25, -0.2) is 0 Å². The zero-order chi connectivity index (χ0) is 21.3. The molecule has 7 heteroatoms. The molecule has 2 aromatic heterocycles. The van der Waals surface area contributed by atoms with Crippen molar-refractivity contribution in [3.05, 3.63) is 64.7 Å². The highest BCUT2D eigenvalue weighted by Crippen LogP contribution is 2.34. The Hall–Kier alpha value is -2.54. The van der Waals surface area contributed by atoms with Gasteiger partial charge in [0.05, 0.1) is 9.75 Å². The number of amides is 1. The lowest BCUT2D eigenvalue weighted by Gasteiger charge is -2.32. The first kappa shape index (κ1) is 20.7. The highest BCUT2D eigenvalue weighted by molar-refractivity contribution is 7.17. The molecular formula is C23H25F2N3OS. The Bertz CT molecular complexity index is 1010. The summed E-state index contributed by atoms with van der Waals surface area (Å²) >= 11 is 1.32. The summed E-state index contributed by atoms with van der Waals surface area (Å²) in [5.74, 6) is -2.46. The largest absolute Gasteiger partial charge is 0.338 e. The number of piperidine rings is 1. The summed E-state index contributed by atoms with van der Waals surface area (Å²) in [6.07, 6.45) is 1.90. The van der Waals surface area contributed by atoms with Gasteiger partial charge < -0.3 is 4.90 Å². The number of aryl methyl sites for hydroxylation is 1. The number of aromatic nitrogens is 2. The molecule has 4 nitrogen and oxygen atoms in total. The van der Waals surface area contributed by atoms with Crippen LogP contribution in [0.25, 0.3) is 10.6 Å². The topological polar surface area (TPSA) is 38.1 Å². The highest BCUT2D eigenvalue weighted by Gasteiger charge is 2.30. The van der Waals surface area contributed by atoms with E-state index in [1.165, 1.54) is 27.6 Å². The number of thiophene rings is 1. The molecule has 1 saturated heterocycles. The fourth-order valence-electron chi connectivity index (χ4n) is 4.02. The van der Waals surface area contributed by atoms with Gasteiger partial charge in [0.15, 0.2) is 0 Å². The van der Waals surface area contributed by atoms with Crippen molar-refractivity contribution in [2.45, 2.75) is 45.1 Å². The fourth-order valence-corrected chi connectivity index (χ4v) is 4.95. The van der Waals surface area contributed by atoms with E-state index in [-0.39, 0.29) is 11.6 Å². The molecule has 4 rings (SSSR count). The number of carbonyl (C=O) groups excluding carboxylic acids is 1. The van der Waals surface area contributed by atoms with Crippen LogP contribution in [0.3, 0.4) is 0 Å². The number of nitrogens with zero attached hydrogens (tertiary/aromatic N) is 3. The summed E-state index contributed by atoms with van der Waals surface area (Å²) in [7, 11) is 0. The van der Waals surface area contributed by atoms with Crippen LogP contribution in [0.1, 0.15) is 53.5 Å². The van der Waals surface area contributed by atoms with Crippen LogP contribution in [0.2, 0.25) is 0 Å². The first-order valence-electron chi connectivity index (χ1n) is 10.3. The van der Waals surface area contributed by atoms with Gasteiger partial charge in [0.25, 0.3) is 11.8 Å². The van der Waals surface area contributed by atoms with Crippen LogP contribution in [0.5, 0.6) is 0 Å². The van der Waals surface area contributed by atoms with Gasteiger partial charge in [-0.15, -0.1) is 11.3 Å². The Labute approximate surface area is 179 Å². The van der Waals surface area contributed by atoms with Crippen molar-refractivity contribution in [3.8, 4) is 10.6 Å². The first-order chi connectivity index (χ1) is 14.4. The van der Waals surface area contributed by atoms with E-state index in [1.54, 1.807) is 19.1 Å². The molecule has 1 aliphatic heterocycles. The third kappa shape index (κ3) is 4.17. The predicted octanol–water partition coefficient (Wildman–Crippen LogP) is 5.76. The lowest BCUT2D eigenvalue weighted by atomic mass is 9.89. The number of alkyl halides is 2. The monoisotopic (exact) mass is 429 g/mol. The molecule has 1 amide bonds. The van der Waals surface area contributed by atoms with Crippen molar-refractivity contribution in [1.29, 1.82) is 0 Å². The molecule has 1 aliphatic rings. The molecule has 0 aliphatic carbocycles. The summed E-state index contributed by atoms with van der Waals surface area (Å²) in [5, 5.41) is 4.32. The van der Waals surface area contributed by atoms with Crippen molar-refractivity contribution in [1.82, 2.24) is 14.7 Å². The summed E-state index contributed by atoms with van der Waals surface area (Å²) in [6.45, 7) is 4.48. The third-order valence-corrected chi connectivity index (χ3v) is 6.75. The number of hydrogen-bond donors (Lipinski definition) is 0. The molecular weight excluding hydrogens is 404 g/mol. The SMILES string of the molecule is CCn1nc(-c2ccc(C(=O)N3CCC(c4ccccc4)CC3)s2)cc1C(C)(F)F. The second kappa shape index (κ2) is 8.30. The minimum absolute atomic E-state index is 0.00808. The van der Waals surface area contributed by atoms with Gasteiger partial charge in [-0.1, -0.05) is 30.3 Å². The molecule has 0 saturated carbocycles. The van der Waals surface area contributed by atoms with Crippen molar-refractivity contribution in [2.75, 3.05) is 13.1 Å². The molecule has 158 valence electrons. The second-order valence-electron chi connectivity index (χ2n) is 7.76. The average Bonchev–Trinajstić information content (AvgIpc) is 3.41. The van der Waals surface area contributed by atoms with Gasteiger partial charge in [0.2, 0.25) is 0 Å². The minimum atomic E-state index is -2.96. The smallest absolute Gasteiger partial charge is 0.286 e. The maximum atomic E-state index is 13.8. The van der Waals surface area contributed by atoms with E-state index in [1.807, 2.05) is 11.0 Å². The molecule has 1 fully saturated rings. The number of likely N-dealkylation sites (tertiary alicyclic amines) is 1. The molecule has 30 heavy (non-hydrogen) atoms. The zero-order valence-electron chi connectivity index (χ0n) is 17.1. The van der Waals surface area contributed by atoms with Crippen LogP contribution >= 0.6 is 11.3 Å². The van der Waals surface area contributed by atoms with E-state index in [0.29, 0.717) is 23.0 Å². The van der Waals surface area contributed by atoms with Gasteiger partial charge in [0.1, 0.15) is 11.4 Å².